The molecule has 1 heterocycles. The minimum Gasteiger partial charge on any atom is -0.370 e. The average Bonchev–Trinajstić information content (AvgIpc) is 1.99. The van der Waals surface area contributed by atoms with Gasteiger partial charge in [0.15, 0.2) is 0 Å². The molecular weight excluding hydrogens is 178 g/mol. The van der Waals surface area contributed by atoms with Crippen molar-refractivity contribution in [3.63, 3.8) is 0 Å². The van der Waals surface area contributed by atoms with E-state index in [1.807, 2.05) is 13.0 Å². The summed E-state index contributed by atoms with van der Waals surface area (Å²) in [5.74, 6) is 0. The van der Waals surface area contributed by atoms with Gasteiger partial charge in [0.05, 0.1) is 17.8 Å². The van der Waals surface area contributed by atoms with E-state index in [1.165, 1.54) is 0 Å². The zero-order valence-electron chi connectivity index (χ0n) is 9.16. The minimum atomic E-state index is -0.393. The van der Waals surface area contributed by atoms with Crippen LogP contribution in [0.3, 0.4) is 0 Å². The first kappa shape index (κ1) is 11.4. The molecule has 1 aliphatic rings. The highest BCUT2D eigenvalue weighted by molar-refractivity contribution is 4.92. The molecule has 1 saturated heterocycles. The molecule has 0 spiro atoms. The van der Waals surface area contributed by atoms with Crippen molar-refractivity contribution in [3.8, 4) is 6.07 Å². The Kier molecular flexibility index (Phi) is 3.48. The van der Waals surface area contributed by atoms with Crippen LogP contribution in [0.4, 0.5) is 0 Å². The van der Waals surface area contributed by atoms with Gasteiger partial charge in [-0.05, 0) is 20.8 Å². The molecule has 4 nitrogen and oxygen atoms in total. The lowest BCUT2D eigenvalue weighted by Gasteiger charge is -2.42. The standard InChI is InChI=1S/C10H19N3O/c1-8-5-13(6-9(12)4-11)7-10(2,3)14-8/h8-9H,5-7,12H2,1-3H3. The van der Waals surface area contributed by atoms with Gasteiger partial charge in [0.2, 0.25) is 0 Å². The fourth-order valence-corrected chi connectivity index (χ4v) is 2.04. The second-order valence-corrected chi connectivity index (χ2v) is 4.62. The predicted molar refractivity (Wildman–Crippen MR) is 54.7 cm³/mol. The Morgan fingerprint density at radius 2 is 2.36 bits per heavy atom. The number of hydrogen-bond donors (Lipinski definition) is 1. The number of ether oxygens (including phenoxy) is 1. The number of nitrogens with zero attached hydrogens (tertiary/aromatic N) is 2. The Labute approximate surface area is 85.6 Å². The Bertz CT molecular complexity index is 234. The Morgan fingerprint density at radius 1 is 1.71 bits per heavy atom. The van der Waals surface area contributed by atoms with Crippen LogP contribution in [0.5, 0.6) is 0 Å². The second kappa shape index (κ2) is 4.26. The van der Waals surface area contributed by atoms with E-state index in [4.69, 9.17) is 15.7 Å². The van der Waals surface area contributed by atoms with Gasteiger partial charge in [-0.15, -0.1) is 0 Å². The molecule has 80 valence electrons. The molecule has 2 N–H and O–H groups in total. The first-order valence-corrected chi connectivity index (χ1v) is 4.98. The van der Waals surface area contributed by atoms with Crippen LogP contribution in [0.2, 0.25) is 0 Å². The zero-order chi connectivity index (χ0) is 10.8. The van der Waals surface area contributed by atoms with Crippen molar-refractivity contribution in [1.29, 1.82) is 5.26 Å². The van der Waals surface area contributed by atoms with Crippen molar-refractivity contribution >= 4 is 0 Å². The van der Waals surface area contributed by atoms with Crippen LogP contribution in [-0.4, -0.2) is 42.3 Å². The monoisotopic (exact) mass is 197 g/mol. The molecule has 2 unspecified atom stereocenters. The van der Waals surface area contributed by atoms with Crippen molar-refractivity contribution in [3.05, 3.63) is 0 Å². The summed E-state index contributed by atoms with van der Waals surface area (Å²) < 4.78 is 5.75. The van der Waals surface area contributed by atoms with Gasteiger partial charge in [-0.2, -0.15) is 5.26 Å². The van der Waals surface area contributed by atoms with Gasteiger partial charge in [-0.3, -0.25) is 4.90 Å². The van der Waals surface area contributed by atoms with E-state index < -0.39 is 6.04 Å². The van der Waals surface area contributed by atoms with E-state index in [2.05, 4.69) is 18.7 Å². The fourth-order valence-electron chi connectivity index (χ4n) is 2.04. The summed E-state index contributed by atoms with van der Waals surface area (Å²) in [4.78, 5) is 2.20. The molecule has 0 aromatic heterocycles. The molecule has 0 radical (unpaired) electrons. The summed E-state index contributed by atoms with van der Waals surface area (Å²) >= 11 is 0. The summed E-state index contributed by atoms with van der Waals surface area (Å²) in [6.45, 7) is 8.51. The molecule has 1 fully saturated rings. The highest BCUT2D eigenvalue weighted by atomic mass is 16.5. The molecular formula is C10H19N3O. The van der Waals surface area contributed by atoms with Gasteiger partial charge in [0.25, 0.3) is 0 Å². The van der Waals surface area contributed by atoms with Crippen molar-refractivity contribution in [2.75, 3.05) is 19.6 Å². The first-order valence-electron chi connectivity index (χ1n) is 4.98. The molecule has 1 rings (SSSR count). The number of rotatable bonds is 2. The quantitative estimate of drug-likeness (QED) is 0.693. The smallest absolute Gasteiger partial charge is 0.106 e. The number of nitrogens with two attached hydrogens (primary N) is 1. The highest BCUT2D eigenvalue weighted by Gasteiger charge is 2.31. The molecule has 14 heavy (non-hydrogen) atoms. The van der Waals surface area contributed by atoms with E-state index in [0.717, 1.165) is 13.1 Å². The summed E-state index contributed by atoms with van der Waals surface area (Å²) in [5, 5.41) is 8.63. The van der Waals surface area contributed by atoms with Crippen LogP contribution < -0.4 is 5.73 Å². The van der Waals surface area contributed by atoms with Crippen LogP contribution >= 0.6 is 0 Å². The van der Waals surface area contributed by atoms with Gasteiger partial charge in [-0.1, -0.05) is 0 Å². The van der Waals surface area contributed by atoms with Crippen molar-refractivity contribution in [2.24, 2.45) is 5.73 Å². The van der Waals surface area contributed by atoms with Crippen molar-refractivity contribution < 1.29 is 4.74 Å². The molecule has 0 aromatic carbocycles. The lowest BCUT2D eigenvalue weighted by molar-refractivity contribution is -0.128. The third-order valence-electron chi connectivity index (χ3n) is 2.26. The van der Waals surface area contributed by atoms with Crippen LogP contribution in [0.1, 0.15) is 20.8 Å². The SMILES string of the molecule is CC1CN(CC(N)C#N)CC(C)(C)O1. The Morgan fingerprint density at radius 3 is 2.86 bits per heavy atom. The first-order chi connectivity index (χ1) is 6.43. The van der Waals surface area contributed by atoms with Crippen molar-refractivity contribution in [2.45, 2.75) is 38.5 Å². The topological polar surface area (TPSA) is 62.3 Å². The van der Waals surface area contributed by atoms with Crippen LogP contribution in [-0.2, 0) is 4.74 Å². The van der Waals surface area contributed by atoms with Crippen LogP contribution in [0, 0.1) is 11.3 Å². The van der Waals surface area contributed by atoms with Crippen LogP contribution in [0.25, 0.3) is 0 Å². The summed E-state index contributed by atoms with van der Waals surface area (Å²) in [5.41, 5.74) is 5.46. The third-order valence-corrected chi connectivity index (χ3v) is 2.26. The number of morpholine rings is 1. The molecule has 0 aromatic rings. The van der Waals surface area contributed by atoms with Crippen molar-refractivity contribution in [1.82, 2.24) is 4.90 Å². The third kappa shape index (κ3) is 3.26. The molecule has 2 atom stereocenters. The fraction of sp³-hybridized carbons (Fsp3) is 0.900. The van der Waals surface area contributed by atoms with Crippen LogP contribution in [0.15, 0.2) is 0 Å². The Hall–Kier alpha value is -0.630. The highest BCUT2D eigenvalue weighted by Crippen LogP contribution is 2.20. The van der Waals surface area contributed by atoms with E-state index >= 15 is 0 Å². The normalized spacial score (nSPS) is 29.5. The second-order valence-electron chi connectivity index (χ2n) is 4.62. The lowest BCUT2D eigenvalue weighted by Crippen LogP contribution is -2.54. The molecule has 0 amide bonds. The molecule has 0 saturated carbocycles. The average molecular weight is 197 g/mol. The molecule has 0 bridgehead atoms. The maximum atomic E-state index is 8.63. The largest absolute Gasteiger partial charge is 0.370 e. The summed E-state index contributed by atoms with van der Waals surface area (Å²) in [6, 6.07) is 1.66. The van der Waals surface area contributed by atoms with Gasteiger partial charge < -0.3 is 10.5 Å². The minimum absolute atomic E-state index is 0.132. The number of hydrogen-bond acceptors (Lipinski definition) is 4. The van der Waals surface area contributed by atoms with E-state index in [1.54, 1.807) is 0 Å². The van der Waals surface area contributed by atoms with E-state index in [-0.39, 0.29) is 11.7 Å². The molecule has 1 aliphatic heterocycles. The van der Waals surface area contributed by atoms with E-state index in [0.29, 0.717) is 6.54 Å². The predicted octanol–water partition coefficient (Wildman–Crippen LogP) is 0.337. The lowest BCUT2D eigenvalue weighted by atomic mass is 10.1. The van der Waals surface area contributed by atoms with E-state index in [9.17, 15) is 0 Å². The maximum absolute atomic E-state index is 8.63. The van der Waals surface area contributed by atoms with Gasteiger partial charge in [-0.25, -0.2) is 0 Å². The van der Waals surface area contributed by atoms with Gasteiger partial charge in [0, 0.05) is 19.6 Å². The van der Waals surface area contributed by atoms with Gasteiger partial charge >= 0.3 is 0 Å². The molecule has 0 aliphatic carbocycles. The Balaban J connectivity index is 2.51. The maximum Gasteiger partial charge on any atom is 0.106 e. The summed E-state index contributed by atoms with van der Waals surface area (Å²) in [7, 11) is 0. The molecule has 4 heteroatoms. The number of nitriles is 1. The van der Waals surface area contributed by atoms with Gasteiger partial charge in [0.1, 0.15) is 6.04 Å². The summed E-state index contributed by atoms with van der Waals surface area (Å²) in [6.07, 6.45) is 0.213. The zero-order valence-corrected chi connectivity index (χ0v) is 9.16.